The van der Waals surface area contributed by atoms with E-state index in [1.807, 2.05) is 0 Å². The summed E-state index contributed by atoms with van der Waals surface area (Å²) >= 11 is 0. The minimum atomic E-state index is -1.58. The maximum Gasteiger partial charge on any atom is 0.170 e. The fourth-order valence-electron chi connectivity index (χ4n) is 3.82. The summed E-state index contributed by atoms with van der Waals surface area (Å²) in [5.41, 5.74) is 4.36. The van der Waals surface area contributed by atoms with Crippen LogP contribution < -0.4 is 4.74 Å². The number of ketones is 1. The highest BCUT2D eigenvalue weighted by molar-refractivity contribution is 6.83. The molecular formula is C21H25FO3Si. The van der Waals surface area contributed by atoms with E-state index in [2.05, 4.69) is 31.1 Å². The van der Waals surface area contributed by atoms with E-state index in [1.165, 1.54) is 13.2 Å². The minimum Gasteiger partial charge on any atom is -0.500 e. The third-order valence-electron chi connectivity index (χ3n) is 4.99. The zero-order chi connectivity index (χ0) is 19.1. The van der Waals surface area contributed by atoms with Crippen LogP contribution in [0.25, 0.3) is 5.57 Å². The monoisotopic (exact) mass is 372 g/mol. The van der Waals surface area contributed by atoms with Gasteiger partial charge in [0.15, 0.2) is 5.78 Å². The van der Waals surface area contributed by atoms with E-state index in [-0.39, 0.29) is 23.2 Å². The van der Waals surface area contributed by atoms with Gasteiger partial charge in [0.2, 0.25) is 0 Å². The number of allylic oxidation sites excluding steroid dienone is 2. The summed E-state index contributed by atoms with van der Waals surface area (Å²) in [6.45, 7) is 6.40. The number of carbonyl (C=O) groups excluding carboxylic acids is 1. The van der Waals surface area contributed by atoms with Crippen molar-refractivity contribution < 1.29 is 18.7 Å². The fraction of sp³-hybridized carbons (Fsp3) is 0.476. The summed E-state index contributed by atoms with van der Waals surface area (Å²) in [7, 11) is 1.47. The Hall–Kier alpha value is -2.06. The molecule has 3 nitrogen and oxygen atoms in total. The van der Waals surface area contributed by atoms with Crippen LogP contribution in [-0.2, 0) is 9.53 Å². The molecule has 0 radical (unpaired) electrons. The number of halogens is 1. The van der Waals surface area contributed by atoms with Crippen molar-refractivity contribution in [2.24, 2.45) is 11.8 Å². The van der Waals surface area contributed by atoms with Crippen LogP contribution in [0.5, 0.6) is 5.75 Å². The Labute approximate surface area is 155 Å². The molecule has 0 N–H and O–H groups in total. The molecule has 5 heteroatoms. The van der Waals surface area contributed by atoms with Crippen molar-refractivity contribution >= 4 is 19.4 Å². The van der Waals surface area contributed by atoms with E-state index in [4.69, 9.17) is 9.47 Å². The van der Waals surface area contributed by atoms with E-state index in [1.54, 1.807) is 13.2 Å². The summed E-state index contributed by atoms with van der Waals surface area (Å²) in [5.74, 6) is 3.63. The van der Waals surface area contributed by atoms with E-state index >= 15 is 4.39 Å². The molecular weight excluding hydrogens is 347 g/mol. The van der Waals surface area contributed by atoms with Crippen molar-refractivity contribution in [2.45, 2.75) is 38.9 Å². The summed E-state index contributed by atoms with van der Waals surface area (Å²) in [6, 6.07) is 3.12. The molecule has 0 aliphatic heterocycles. The number of methoxy groups -OCH3 is 2. The zero-order valence-electron chi connectivity index (χ0n) is 16.0. The second-order valence-corrected chi connectivity index (χ2v) is 12.8. The Balaban J connectivity index is 2.15. The molecule has 138 valence electrons. The van der Waals surface area contributed by atoms with Crippen LogP contribution in [0.4, 0.5) is 4.39 Å². The number of hydrogen-bond acceptors (Lipinski definition) is 3. The van der Waals surface area contributed by atoms with Gasteiger partial charge in [-0.05, 0) is 31.4 Å². The molecule has 0 heterocycles. The zero-order valence-corrected chi connectivity index (χ0v) is 17.0. The molecule has 26 heavy (non-hydrogen) atoms. The molecule has 3 rings (SSSR count). The topological polar surface area (TPSA) is 35.5 Å². The smallest absolute Gasteiger partial charge is 0.170 e. The minimum absolute atomic E-state index is 0.0336. The molecule has 2 aliphatic carbocycles. The van der Waals surface area contributed by atoms with Gasteiger partial charge < -0.3 is 9.47 Å². The first-order chi connectivity index (χ1) is 12.2. The average molecular weight is 373 g/mol. The second-order valence-electron chi connectivity index (χ2n) is 8.05. The Bertz CT molecular complexity index is 839. The highest BCUT2D eigenvalue weighted by Gasteiger charge is 2.43. The Morgan fingerprint density at radius 1 is 1.12 bits per heavy atom. The Morgan fingerprint density at radius 2 is 1.81 bits per heavy atom. The van der Waals surface area contributed by atoms with E-state index in [0.717, 1.165) is 19.3 Å². The van der Waals surface area contributed by atoms with Gasteiger partial charge in [0, 0.05) is 17.4 Å². The SMILES string of the molecule is COC1=C(c2c(F)cc(C#C[Si](C)(C)C)cc2OC)C(=O)C2CCC1C2. The van der Waals surface area contributed by atoms with Crippen molar-refractivity contribution in [3.05, 3.63) is 34.8 Å². The molecule has 2 unspecified atom stereocenters. The van der Waals surface area contributed by atoms with Gasteiger partial charge in [-0.15, -0.1) is 5.54 Å². The van der Waals surface area contributed by atoms with Gasteiger partial charge in [-0.3, -0.25) is 4.79 Å². The standard InChI is InChI=1S/C21H25FO3Si/c1-24-17-11-13(8-9-26(3,4)5)10-16(22)18(17)19-20(23)14-6-7-15(12-14)21(19)25-2/h10-11,14-15H,6-7,12H2,1-5H3. The summed E-state index contributed by atoms with van der Waals surface area (Å²) < 4.78 is 26.1. The molecule has 1 saturated carbocycles. The number of fused-ring (bicyclic) bond motifs is 2. The van der Waals surface area contributed by atoms with Crippen LogP contribution in [0.3, 0.4) is 0 Å². The number of Topliss-reactive ketones (excluding diaryl/α,β-unsaturated/α-hetero) is 1. The molecule has 1 aromatic rings. The second kappa shape index (κ2) is 6.92. The largest absolute Gasteiger partial charge is 0.500 e. The number of ether oxygens (including phenoxy) is 2. The molecule has 2 atom stereocenters. The first kappa shape index (κ1) is 18.7. The van der Waals surface area contributed by atoms with E-state index < -0.39 is 13.9 Å². The molecule has 1 fully saturated rings. The van der Waals surface area contributed by atoms with Gasteiger partial charge in [-0.25, -0.2) is 4.39 Å². The molecule has 0 spiro atoms. The van der Waals surface area contributed by atoms with Crippen molar-refractivity contribution in [3.8, 4) is 17.2 Å². The van der Waals surface area contributed by atoms with Crippen LogP contribution in [0.2, 0.25) is 19.6 Å². The highest BCUT2D eigenvalue weighted by Crippen LogP contribution is 2.48. The van der Waals surface area contributed by atoms with Crippen LogP contribution in [-0.4, -0.2) is 28.1 Å². The predicted octanol–water partition coefficient (Wildman–Crippen LogP) is 4.42. The lowest BCUT2D eigenvalue weighted by atomic mass is 9.82. The molecule has 0 amide bonds. The van der Waals surface area contributed by atoms with Crippen LogP contribution in [0, 0.1) is 29.1 Å². The third kappa shape index (κ3) is 3.43. The van der Waals surface area contributed by atoms with Crippen molar-refractivity contribution in [2.75, 3.05) is 14.2 Å². The van der Waals surface area contributed by atoms with Gasteiger partial charge in [0.05, 0.1) is 25.4 Å². The molecule has 2 bridgehead atoms. The summed E-state index contributed by atoms with van der Waals surface area (Å²) in [5, 5.41) is 0. The van der Waals surface area contributed by atoms with E-state index in [0.29, 0.717) is 22.6 Å². The fourth-order valence-corrected chi connectivity index (χ4v) is 4.34. The number of rotatable bonds is 3. The number of benzene rings is 1. The van der Waals surface area contributed by atoms with Crippen LogP contribution >= 0.6 is 0 Å². The van der Waals surface area contributed by atoms with Gasteiger partial charge in [-0.1, -0.05) is 25.6 Å². The predicted molar refractivity (Wildman–Crippen MR) is 103 cm³/mol. The number of hydrogen-bond donors (Lipinski definition) is 0. The molecule has 0 saturated heterocycles. The lowest BCUT2D eigenvalue weighted by molar-refractivity contribution is -0.117. The third-order valence-corrected chi connectivity index (χ3v) is 5.87. The van der Waals surface area contributed by atoms with Gasteiger partial charge >= 0.3 is 0 Å². The van der Waals surface area contributed by atoms with E-state index in [9.17, 15) is 4.79 Å². The van der Waals surface area contributed by atoms with Crippen molar-refractivity contribution in [1.82, 2.24) is 0 Å². The Kier molecular flexibility index (Phi) is 4.98. The van der Waals surface area contributed by atoms with Gasteiger partial charge in [0.1, 0.15) is 25.4 Å². The first-order valence-corrected chi connectivity index (χ1v) is 12.5. The van der Waals surface area contributed by atoms with Gasteiger partial charge in [0.25, 0.3) is 0 Å². The molecule has 2 aliphatic rings. The summed E-state index contributed by atoms with van der Waals surface area (Å²) in [4.78, 5) is 12.9. The maximum absolute atomic E-state index is 15.1. The lowest BCUT2D eigenvalue weighted by Gasteiger charge is -2.25. The van der Waals surface area contributed by atoms with Crippen LogP contribution in [0.15, 0.2) is 17.9 Å². The first-order valence-electron chi connectivity index (χ1n) is 8.98. The molecule has 0 aromatic heterocycles. The lowest BCUT2D eigenvalue weighted by Crippen LogP contribution is -2.23. The average Bonchev–Trinajstić information content (AvgIpc) is 3.01. The summed E-state index contributed by atoms with van der Waals surface area (Å²) in [6.07, 6.45) is 2.55. The van der Waals surface area contributed by atoms with Crippen molar-refractivity contribution in [3.63, 3.8) is 0 Å². The molecule has 1 aromatic carbocycles. The maximum atomic E-state index is 15.1. The quantitative estimate of drug-likeness (QED) is 0.582. The van der Waals surface area contributed by atoms with Crippen LogP contribution in [0.1, 0.15) is 30.4 Å². The highest BCUT2D eigenvalue weighted by atomic mass is 28.3. The van der Waals surface area contributed by atoms with Gasteiger partial charge in [-0.2, -0.15) is 0 Å². The normalized spacial score (nSPS) is 22.2. The Morgan fingerprint density at radius 3 is 2.42 bits per heavy atom. The number of carbonyl (C=O) groups is 1. The van der Waals surface area contributed by atoms with Crippen molar-refractivity contribution in [1.29, 1.82) is 0 Å².